The normalized spacial score (nSPS) is 10.1. The van der Waals surface area contributed by atoms with E-state index in [0.717, 1.165) is 11.4 Å². The van der Waals surface area contributed by atoms with Gasteiger partial charge in [0.15, 0.2) is 0 Å². The number of primary amides is 1. The molecule has 2 rings (SSSR count). The summed E-state index contributed by atoms with van der Waals surface area (Å²) >= 11 is 0. The molecule has 0 atom stereocenters. The van der Waals surface area contributed by atoms with Crippen LogP contribution in [0.5, 0.6) is 5.75 Å². The lowest BCUT2D eigenvalue weighted by Crippen LogP contribution is -2.15. The van der Waals surface area contributed by atoms with Gasteiger partial charge in [0.25, 0.3) is 0 Å². The molecule has 19 heavy (non-hydrogen) atoms. The summed E-state index contributed by atoms with van der Waals surface area (Å²) in [4.78, 5) is 10.7. The number of amides is 1. The van der Waals surface area contributed by atoms with Crippen LogP contribution < -0.4 is 15.8 Å². The van der Waals surface area contributed by atoms with Gasteiger partial charge in [-0.25, -0.2) is 0 Å². The Balaban J connectivity index is 1.93. The van der Waals surface area contributed by atoms with Crippen LogP contribution in [0.4, 0.5) is 5.69 Å². The highest BCUT2D eigenvalue weighted by Crippen LogP contribution is 2.24. The zero-order chi connectivity index (χ0) is 13.5. The summed E-state index contributed by atoms with van der Waals surface area (Å²) in [6, 6.07) is 11.3. The third-order valence-corrected chi connectivity index (χ3v) is 2.53. The minimum Gasteiger partial charge on any atom is -0.491 e. The number of nitrogens with two attached hydrogens (primary N) is 1. The van der Waals surface area contributed by atoms with Gasteiger partial charge in [-0.2, -0.15) is 0 Å². The Morgan fingerprint density at radius 3 is 2.84 bits per heavy atom. The second-order valence-electron chi connectivity index (χ2n) is 3.99. The number of carbonyl (C=O) groups is 1. The van der Waals surface area contributed by atoms with E-state index in [1.54, 1.807) is 6.26 Å². The van der Waals surface area contributed by atoms with Crippen molar-refractivity contribution < 1.29 is 13.9 Å². The molecule has 0 fully saturated rings. The Bertz CT molecular complexity index is 523. The fourth-order valence-corrected chi connectivity index (χ4v) is 1.60. The van der Waals surface area contributed by atoms with Crippen LogP contribution in [0.25, 0.3) is 0 Å². The lowest BCUT2D eigenvalue weighted by atomic mass is 10.3. The Morgan fingerprint density at radius 1 is 1.26 bits per heavy atom. The van der Waals surface area contributed by atoms with Crippen molar-refractivity contribution in [3.8, 4) is 5.75 Å². The molecule has 5 heteroatoms. The van der Waals surface area contributed by atoms with Gasteiger partial charge in [-0.3, -0.25) is 4.79 Å². The predicted octanol–water partition coefficient (Wildman–Crippen LogP) is 2.15. The third kappa shape index (κ3) is 4.06. The lowest BCUT2D eigenvalue weighted by Gasteiger charge is -2.11. The third-order valence-electron chi connectivity index (χ3n) is 2.53. The first-order valence-electron chi connectivity index (χ1n) is 6.02. The smallest absolute Gasteiger partial charge is 0.220 e. The number of anilines is 1. The number of carbonyl (C=O) groups excluding carboxylic acids is 1. The van der Waals surface area contributed by atoms with Gasteiger partial charge in [-0.05, 0) is 24.3 Å². The number of nitrogens with one attached hydrogen (secondary N) is 1. The van der Waals surface area contributed by atoms with Gasteiger partial charge in [0.2, 0.25) is 5.91 Å². The number of benzene rings is 1. The average Bonchev–Trinajstić information content (AvgIpc) is 2.90. The Hall–Kier alpha value is -2.43. The van der Waals surface area contributed by atoms with Crippen molar-refractivity contribution in [2.24, 2.45) is 5.73 Å². The summed E-state index contributed by atoms with van der Waals surface area (Å²) in [5.74, 6) is 1.16. The SMILES string of the molecule is NC(=O)CCOc1ccccc1NCc1ccco1. The fourth-order valence-electron chi connectivity index (χ4n) is 1.60. The Morgan fingerprint density at radius 2 is 2.11 bits per heavy atom. The van der Waals surface area contributed by atoms with Crippen LogP contribution in [0.2, 0.25) is 0 Å². The fraction of sp³-hybridized carbons (Fsp3) is 0.214. The van der Waals surface area contributed by atoms with Crippen molar-refractivity contribution in [3.05, 3.63) is 48.4 Å². The van der Waals surface area contributed by atoms with E-state index >= 15 is 0 Å². The molecule has 0 aliphatic rings. The number of rotatable bonds is 7. The molecule has 0 saturated heterocycles. The summed E-state index contributed by atoms with van der Waals surface area (Å²) in [5.41, 5.74) is 5.92. The van der Waals surface area contributed by atoms with Crippen LogP contribution in [0.3, 0.4) is 0 Å². The molecule has 0 radical (unpaired) electrons. The lowest BCUT2D eigenvalue weighted by molar-refractivity contribution is -0.118. The van der Waals surface area contributed by atoms with Gasteiger partial charge < -0.3 is 20.2 Å². The van der Waals surface area contributed by atoms with Crippen LogP contribution in [0, 0.1) is 0 Å². The monoisotopic (exact) mass is 260 g/mol. The number of para-hydroxylation sites is 2. The van der Waals surface area contributed by atoms with E-state index in [2.05, 4.69) is 5.32 Å². The number of hydrogen-bond donors (Lipinski definition) is 2. The number of ether oxygens (including phenoxy) is 1. The summed E-state index contributed by atoms with van der Waals surface area (Å²) in [5, 5.41) is 3.22. The topological polar surface area (TPSA) is 77.5 Å². The van der Waals surface area contributed by atoms with Crippen molar-refractivity contribution in [2.75, 3.05) is 11.9 Å². The first-order chi connectivity index (χ1) is 9.25. The van der Waals surface area contributed by atoms with Crippen molar-refractivity contribution >= 4 is 11.6 Å². The van der Waals surface area contributed by atoms with Crippen LogP contribution >= 0.6 is 0 Å². The second-order valence-corrected chi connectivity index (χ2v) is 3.99. The van der Waals surface area contributed by atoms with E-state index < -0.39 is 0 Å². The molecule has 100 valence electrons. The van der Waals surface area contributed by atoms with Crippen molar-refractivity contribution in [2.45, 2.75) is 13.0 Å². The summed E-state index contributed by atoms with van der Waals surface area (Å²) in [6.07, 6.45) is 1.83. The zero-order valence-electron chi connectivity index (χ0n) is 10.5. The highest BCUT2D eigenvalue weighted by molar-refractivity contribution is 5.73. The molecule has 0 spiro atoms. The maximum Gasteiger partial charge on any atom is 0.220 e. The maximum atomic E-state index is 10.7. The van der Waals surface area contributed by atoms with Crippen LogP contribution in [-0.2, 0) is 11.3 Å². The Kier molecular flexibility index (Phi) is 4.44. The molecule has 2 aromatic rings. The van der Waals surface area contributed by atoms with Crippen molar-refractivity contribution in [3.63, 3.8) is 0 Å². The van der Waals surface area contributed by atoms with Gasteiger partial charge in [0.05, 0.1) is 31.5 Å². The van der Waals surface area contributed by atoms with Gasteiger partial charge >= 0.3 is 0 Å². The van der Waals surface area contributed by atoms with Gasteiger partial charge in [-0.15, -0.1) is 0 Å². The van der Waals surface area contributed by atoms with Gasteiger partial charge in [0, 0.05) is 0 Å². The summed E-state index contributed by atoms with van der Waals surface area (Å²) in [7, 11) is 0. The van der Waals surface area contributed by atoms with Crippen molar-refractivity contribution in [1.29, 1.82) is 0 Å². The molecule has 1 amide bonds. The quantitative estimate of drug-likeness (QED) is 0.799. The molecular weight excluding hydrogens is 244 g/mol. The van der Waals surface area contributed by atoms with E-state index in [1.165, 1.54) is 0 Å². The zero-order valence-corrected chi connectivity index (χ0v) is 10.5. The molecule has 5 nitrogen and oxygen atoms in total. The second kappa shape index (κ2) is 6.49. The van der Waals surface area contributed by atoms with E-state index in [-0.39, 0.29) is 18.9 Å². The van der Waals surface area contributed by atoms with Crippen LogP contribution in [0.15, 0.2) is 47.1 Å². The minimum atomic E-state index is -0.374. The van der Waals surface area contributed by atoms with Gasteiger partial charge in [0.1, 0.15) is 11.5 Å². The standard InChI is InChI=1S/C14H16N2O3/c15-14(17)7-9-19-13-6-2-1-5-12(13)16-10-11-4-3-8-18-11/h1-6,8,16H,7,9-10H2,(H2,15,17). The highest BCUT2D eigenvalue weighted by atomic mass is 16.5. The maximum absolute atomic E-state index is 10.7. The molecule has 0 aliphatic heterocycles. The largest absolute Gasteiger partial charge is 0.491 e. The number of hydrogen-bond acceptors (Lipinski definition) is 4. The van der Waals surface area contributed by atoms with Crippen LogP contribution in [0.1, 0.15) is 12.2 Å². The van der Waals surface area contributed by atoms with E-state index in [4.69, 9.17) is 14.9 Å². The van der Waals surface area contributed by atoms with Gasteiger partial charge in [-0.1, -0.05) is 12.1 Å². The van der Waals surface area contributed by atoms with E-state index in [1.807, 2.05) is 36.4 Å². The molecule has 1 heterocycles. The summed E-state index contributed by atoms with van der Waals surface area (Å²) in [6.45, 7) is 0.845. The molecule has 0 saturated carbocycles. The van der Waals surface area contributed by atoms with Crippen molar-refractivity contribution in [1.82, 2.24) is 0 Å². The highest BCUT2D eigenvalue weighted by Gasteiger charge is 2.04. The van der Waals surface area contributed by atoms with E-state index in [9.17, 15) is 4.79 Å². The molecule has 0 unspecified atom stereocenters. The first kappa shape index (κ1) is 13.0. The van der Waals surface area contributed by atoms with E-state index in [0.29, 0.717) is 12.3 Å². The van der Waals surface area contributed by atoms with Crippen LogP contribution in [-0.4, -0.2) is 12.5 Å². The molecule has 1 aromatic carbocycles. The predicted molar refractivity (Wildman–Crippen MR) is 71.8 cm³/mol. The first-order valence-corrected chi connectivity index (χ1v) is 6.02. The molecular formula is C14H16N2O3. The minimum absolute atomic E-state index is 0.201. The summed E-state index contributed by atoms with van der Waals surface area (Å²) < 4.78 is 10.8. The number of furan rings is 1. The molecule has 0 bridgehead atoms. The average molecular weight is 260 g/mol. The molecule has 0 aliphatic carbocycles. The molecule has 1 aromatic heterocycles. The Labute approximate surface area is 111 Å². The molecule has 3 N–H and O–H groups in total.